The van der Waals surface area contributed by atoms with E-state index in [2.05, 4.69) is 40.2 Å². The first-order chi connectivity index (χ1) is 9.31. The highest BCUT2D eigenvalue weighted by atomic mass is 79.9. The molecular weight excluding hydrogens is 300 g/mol. The Hall–Kier alpha value is -0.500. The fraction of sp³-hybridized carbons (Fsp3) is 0.647. The van der Waals surface area contributed by atoms with Gasteiger partial charge in [-0.25, -0.2) is 0 Å². The summed E-state index contributed by atoms with van der Waals surface area (Å²) < 4.78 is 5.88. The lowest BCUT2D eigenvalue weighted by Gasteiger charge is -2.38. The fourth-order valence-corrected chi connectivity index (χ4v) is 5.83. The Bertz CT molecular complexity index is 486. The Morgan fingerprint density at radius 1 is 1.26 bits per heavy atom. The summed E-state index contributed by atoms with van der Waals surface area (Å²) in [4.78, 5) is 0. The molecule has 0 amide bonds. The molecule has 1 nitrogen and oxygen atoms in total. The highest BCUT2D eigenvalue weighted by molar-refractivity contribution is 9.09. The molecule has 2 saturated carbocycles. The summed E-state index contributed by atoms with van der Waals surface area (Å²) in [7, 11) is 0. The van der Waals surface area contributed by atoms with Gasteiger partial charge in [0.15, 0.2) is 0 Å². The van der Waals surface area contributed by atoms with E-state index < -0.39 is 0 Å². The number of hydrogen-bond acceptors (Lipinski definition) is 1. The maximum atomic E-state index is 5.88. The van der Waals surface area contributed by atoms with Gasteiger partial charge >= 0.3 is 0 Å². The van der Waals surface area contributed by atoms with Crippen molar-refractivity contribution < 1.29 is 4.74 Å². The van der Waals surface area contributed by atoms with Gasteiger partial charge in [-0.05, 0) is 49.0 Å². The first-order valence-electron chi connectivity index (χ1n) is 7.58. The van der Waals surface area contributed by atoms with Crippen LogP contribution in [0.4, 0.5) is 0 Å². The molecule has 2 heteroatoms. The smallest absolute Gasteiger partial charge is 0.122 e. The molecule has 4 unspecified atom stereocenters. The molecule has 1 heterocycles. The van der Waals surface area contributed by atoms with E-state index in [4.69, 9.17) is 4.74 Å². The lowest BCUT2D eigenvalue weighted by Crippen LogP contribution is -2.32. The second kappa shape index (κ2) is 4.51. The summed E-state index contributed by atoms with van der Waals surface area (Å²) in [6.07, 6.45) is 7.20. The van der Waals surface area contributed by atoms with Gasteiger partial charge in [-0.3, -0.25) is 0 Å². The van der Waals surface area contributed by atoms with Crippen LogP contribution < -0.4 is 4.74 Å². The summed E-state index contributed by atoms with van der Waals surface area (Å²) in [6, 6.07) is 8.63. The molecule has 0 saturated heterocycles. The van der Waals surface area contributed by atoms with E-state index >= 15 is 0 Å². The summed E-state index contributed by atoms with van der Waals surface area (Å²) in [5, 5.41) is 1.18. The first-order valence-corrected chi connectivity index (χ1v) is 8.70. The molecule has 0 aromatic heterocycles. The van der Waals surface area contributed by atoms with E-state index in [0.717, 1.165) is 24.2 Å². The van der Waals surface area contributed by atoms with Gasteiger partial charge in [-0.15, -0.1) is 0 Å². The van der Waals surface area contributed by atoms with E-state index in [1.165, 1.54) is 43.0 Å². The summed E-state index contributed by atoms with van der Waals surface area (Å²) >= 11 is 3.84. The van der Waals surface area contributed by atoms with Crippen LogP contribution in [0.1, 0.15) is 43.6 Å². The van der Waals surface area contributed by atoms with E-state index in [1.54, 1.807) is 0 Å². The third-order valence-electron chi connectivity index (χ3n) is 5.82. The van der Waals surface area contributed by atoms with Gasteiger partial charge in [0.2, 0.25) is 0 Å². The molecule has 4 atom stereocenters. The van der Waals surface area contributed by atoms with Gasteiger partial charge in [-0.1, -0.05) is 40.5 Å². The molecule has 2 aliphatic carbocycles. The Morgan fingerprint density at radius 2 is 2.16 bits per heavy atom. The van der Waals surface area contributed by atoms with Crippen molar-refractivity contribution in [3.8, 4) is 5.75 Å². The van der Waals surface area contributed by atoms with Gasteiger partial charge in [-0.2, -0.15) is 0 Å². The minimum atomic E-state index is 0.550. The SMILES string of the molecule is BrCC1(CC2COc3ccccc32)CC2CCC1C2. The number of benzene rings is 1. The molecule has 102 valence electrons. The zero-order valence-electron chi connectivity index (χ0n) is 11.3. The topological polar surface area (TPSA) is 9.23 Å². The average Bonchev–Trinajstić information content (AvgIpc) is 3.14. The van der Waals surface area contributed by atoms with Crippen LogP contribution in [0.5, 0.6) is 5.75 Å². The lowest BCUT2D eigenvalue weighted by atomic mass is 9.69. The van der Waals surface area contributed by atoms with Crippen molar-refractivity contribution in [3.63, 3.8) is 0 Å². The number of ether oxygens (including phenoxy) is 1. The van der Waals surface area contributed by atoms with E-state index in [-0.39, 0.29) is 0 Å². The molecule has 1 aromatic rings. The van der Waals surface area contributed by atoms with Crippen molar-refractivity contribution in [2.24, 2.45) is 17.3 Å². The Balaban J connectivity index is 1.59. The zero-order valence-corrected chi connectivity index (χ0v) is 12.9. The third kappa shape index (κ3) is 1.86. The number of hydrogen-bond donors (Lipinski definition) is 0. The number of para-hydroxylation sites is 1. The molecule has 4 rings (SSSR count). The van der Waals surface area contributed by atoms with Crippen molar-refractivity contribution in [2.45, 2.75) is 38.0 Å². The standard InChI is InChI=1S/C17H21BrO/c18-11-17(8-12-5-6-14(17)7-12)9-13-10-19-16-4-2-1-3-15(13)16/h1-4,12-14H,5-11H2. The molecule has 0 N–H and O–H groups in total. The van der Waals surface area contributed by atoms with E-state index in [9.17, 15) is 0 Å². The Morgan fingerprint density at radius 3 is 2.89 bits per heavy atom. The van der Waals surface area contributed by atoms with Crippen LogP contribution >= 0.6 is 15.9 Å². The van der Waals surface area contributed by atoms with Crippen LogP contribution in [0, 0.1) is 17.3 Å². The van der Waals surface area contributed by atoms with Crippen LogP contribution in [0.25, 0.3) is 0 Å². The minimum Gasteiger partial charge on any atom is -0.493 e. The molecule has 0 radical (unpaired) electrons. The maximum absolute atomic E-state index is 5.88. The monoisotopic (exact) mass is 320 g/mol. The fourth-order valence-electron chi connectivity index (χ4n) is 4.92. The maximum Gasteiger partial charge on any atom is 0.122 e. The van der Waals surface area contributed by atoms with Crippen molar-refractivity contribution in [1.82, 2.24) is 0 Å². The van der Waals surface area contributed by atoms with E-state index in [1.807, 2.05) is 0 Å². The number of alkyl halides is 1. The third-order valence-corrected chi connectivity index (χ3v) is 6.94. The molecule has 2 fully saturated rings. The van der Waals surface area contributed by atoms with Gasteiger partial charge < -0.3 is 4.74 Å². The zero-order chi connectivity index (χ0) is 12.9. The van der Waals surface area contributed by atoms with Crippen molar-refractivity contribution >= 4 is 15.9 Å². The first kappa shape index (κ1) is 12.3. The van der Waals surface area contributed by atoms with Gasteiger partial charge in [0.1, 0.15) is 5.75 Å². The van der Waals surface area contributed by atoms with Gasteiger partial charge in [0.05, 0.1) is 6.61 Å². The molecule has 1 aliphatic heterocycles. The Kier molecular flexibility index (Phi) is 2.91. The largest absolute Gasteiger partial charge is 0.493 e. The Labute approximate surface area is 123 Å². The van der Waals surface area contributed by atoms with Crippen LogP contribution in [0.15, 0.2) is 24.3 Å². The lowest BCUT2D eigenvalue weighted by molar-refractivity contribution is 0.158. The molecular formula is C17H21BrO. The van der Waals surface area contributed by atoms with Crippen molar-refractivity contribution in [3.05, 3.63) is 29.8 Å². The predicted octanol–water partition coefficient (Wildman–Crippen LogP) is 4.75. The van der Waals surface area contributed by atoms with Gasteiger partial charge in [0.25, 0.3) is 0 Å². The van der Waals surface area contributed by atoms with Crippen molar-refractivity contribution in [1.29, 1.82) is 0 Å². The average molecular weight is 321 g/mol. The highest BCUT2D eigenvalue weighted by Crippen LogP contribution is 2.60. The molecule has 2 bridgehead atoms. The van der Waals surface area contributed by atoms with Crippen LogP contribution in [-0.2, 0) is 0 Å². The van der Waals surface area contributed by atoms with Crippen LogP contribution in [0.3, 0.4) is 0 Å². The van der Waals surface area contributed by atoms with Crippen LogP contribution in [-0.4, -0.2) is 11.9 Å². The van der Waals surface area contributed by atoms with Crippen LogP contribution in [0.2, 0.25) is 0 Å². The molecule has 1 aromatic carbocycles. The summed E-state index contributed by atoms with van der Waals surface area (Å²) in [5.41, 5.74) is 2.00. The normalized spacial score (nSPS) is 39.3. The summed E-state index contributed by atoms with van der Waals surface area (Å²) in [5.74, 6) is 3.72. The van der Waals surface area contributed by atoms with Crippen molar-refractivity contribution in [2.75, 3.05) is 11.9 Å². The quantitative estimate of drug-likeness (QED) is 0.730. The number of rotatable bonds is 3. The van der Waals surface area contributed by atoms with E-state index in [0.29, 0.717) is 11.3 Å². The number of fused-ring (bicyclic) bond motifs is 3. The molecule has 0 spiro atoms. The highest BCUT2D eigenvalue weighted by Gasteiger charge is 2.51. The predicted molar refractivity (Wildman–Crippen MR) is 81.0 cm³/mol. The molecule has 19 heavy (non-hydrogen) atoms. The minimum absolute atomic E-state index is 0.550. The second-order valence-corrected chi connectivity index (χ2v) is 7.39. The summed E-state index contributed by atoms with van der Waals surface area (Å²) in [6.45, 7) is 0.894. The number of halogens is 1. The van der Waals surface area contributed by atoms with Gasteiger partial charge in [0, 0.05) is 16.8 Å². The second-order valence-electron chi connectivity index (χ2n) is 6.83. The molecule has 3 aliphatic rings.